The number of carbonyl (C=O) groups excluding carboxylic acids is 2. The molecule has 0 N–H and O–H groups in total. The number of phosphoric acid groups is 1. The number of hydrogen-bond acceptors (Lipinski definition) is 8. The lowest BCUT2D eigenvalue weighted by atomic mass is 10.0. The summed E-state index contributed by atoms with van der Waals surface area (Å²) in [6.45, 7) is 4.14. The molecule has 0 aliphatic carbocycles. The van der Waals surface area contributed by atoms with E-state index in [2.05, 4.69) is 98.9 Å². The summed E-state index contributed by atoms with van der Waals surface area (Å²) in [5.41, 5.74) is 0. The Morgan fingerprint density at radius 1 is 0.432 bits per heavy atom. The Kier molecular flexibility index (Phi) is 52.9. The van der Waals surface area contributed by atoms with Gasteiger partial charge in [-0.3, -0.25) is 14.2 Å². The second kappa shape index (κ2) is 55.0. The molecule has 10 heteroatoms. The van der Waals surface area contributed by atoms with E-state index in [4.69, 9.17) is 18.5 Å². The number of hydrogen-bond donors (Lipinski definition) is 0. The molecule has 74 heavy (non-hydrogen) atoms. The number of ether oxygens (including phenoxy) is 2. The zero-order valence-electron chi connectivity index (χ0n) is 48.5. The summed E-state index contributed by atoms with van der Waals surface area (Å²) in [5, 5.41) is 0. The van der Waals surface area contributed by atoms with Gasteiger partial charge in [0.25, 0.3) is 7.82 Å². The average Bonchev–Trinajstić information content (AvgIpc) is 3.36. The highest BCUT2D eigenvalue weighted by atomic mass is 31.2. The van der Waals surface area contributed by atoms with Crippen LogP contribution in [0.1, 0.15) is 258 Å². The molecule has 0 spiro atoms. The van der Waals surface area contributed by atoms with Crippen LogP contribution in [0.15, 0.2) is 85.1 Å². The molecule has 2 unspecified atom stereocenters. The van der Waals surface area contributed by atoms with Crippen molar-refractivity contribution in [2.24, 2.45) is 0 Å². The number of nitrogens with zero attached hydrogens (tertiary/aromatic N) is 1. The van der Waals surface area contributed by atoms with Gasteiger partial charge in [0.1, 0.15) is 19.8 Å². The zero-order chi connectivity index (χ0) is 54.2. The molecule has 2 atom stereocenters. The SMILES string of the molecule is CC/C=C\C/C=C\C/C=C\C/C=C\C/C=C\C/C=C\C/C=C\CCCCCCCCCCCCCCCC(=O)OC(COC(=O)CCCCCCCCCCCCCCCCC)COP(=O)([O-])OCC[N+](C)(C)C. The van der Waals surface area contributed by atoms with E-state index in [0.29, 0.717) is 17.4 Å². The molecular weight excluding hydrogens is 942 g/mol. The zero-order valence-corrected chi connectivity index (χ0v) is 49.4. The minimum absolute atomic E-state index is 0.0320. The van der Waals surface area contributed by atoms with Gasteiger partial charge in [-0.15, -0.1) is 0 Å². The molecule has 0 bridgehead atoms. The van der Waals surface area contributed by atoms with Crippen molar-refractivity contribution in [1.29, 1.82) is 0 Å². The number of esters is 2. The van der Waals surface area contributed by atoms with Crippen molar-refractivity contribution in [3.05, 3.63) is 85.1 Å². The van der Waals surface area contributed by atoms with Crippen LogP contribution < -0.4 is 4.89 Å². The van der Waals surface area contributed by atoms with Gasteiger partial charge < -0.3 is 27.9 Å². The average molecular weight is 1060 g/mol. The number of carbonyl (C=O) groups is 2. The van der Waals surface area contributed by atoms with Crippen LogP contribution in [0.2, 0.25) is 0 Å². The van der Waals surface area contributed by atoms with Crippen molar-refractivity contribution >= 4 is 19.8 Å². The predicted octanol–water partition coefficient (Wildman–Crippen LogP) is 18.4. The van der Waals surface area contributed by atoms with Gasteiger partial charge in [-0.1, -0.05) is 259 Å². The molecule has 0 aromatic heterocycles. The first-order valence-corrected chi connectivity index (χ1v) is 31.8. The summed E-state index contributed by atoms with van der Waals surface area (Å²) in [4.78, 5) is 37.8. The maximum atomic E-state index is 12.8. The lowest BCUT2D eigenvalue weighted by molar-refractivity contribution is -0.870. The third-order valence-electron chi connectivity index (χ3n) is 12.9. The standard InChI is InChI=1S/C64H114NO8P/c1-6-8-10-12-14-16-18-20-22-23-24-25-26-27-28-29-30-31-32-33-34-35-36-37-38-39-40-41-43-45-47-49-51-53-55-57-64(67)73-62(61-72-74(68,69)71-59-58-65(3,4)5)60-70-63(66)56-54-52-50-48-46-44-42-21-19-17-15-13-11-9-7-2/h8,10,14,16,20,22,24-25,27-28,30-31,33-34,62H,6-7,9,11-13,15,17-19,21,23,26,29,32,35-61H2,1-5H3/b10-8-,16-14-,22-20-,25-24-,28-27-,31-30-,34-33-. The quantitative estimate of drug-likeness (QED) is 0.0195. The Bertz CT molecular complexity index is 1520. The Hall–Kier alpha value is -2.81. The Morgan fingerprint density at radius 3 is 1.15 bits per heavy atom. The molecule has 0 aliphatic rings. The van der Waals surface area contributed by atoms with Gasteiger partial charge in [-0.25, -0.2) is 0 Å². The van der Waals surface area contributed by atoms with E-state index in [1.54, 1.807) is 0 Å². The van der Waals surface area contributed by atoms with E-state index in [1.807, 2.05) is 21.1 Å². The number of likely N-dealkylation sites (N-methyl/N-ethyl adjacent to an activating group) is 1. The highest BCUT2D eigenvalue weighted by Gasteiger charge is 2.22. The third-order valence-corrected chi connectivity index (χ3v) is 13.9. The van der Waals surface area contributed by atoms with Crippen molar-refractivity contribution in [1.82, 2.24) is 0 Å². The molecule has 0 aromatic carbocycles. The van der Waals surface area contributed by atoms with Gasteiger partial charge in [-0.05, 0) is 70.6 Å². The molecule has 0 aromatic rings. The van der Waals surface area contributed by atoms with Crippen molar-refractivity contribution in [3.8, 4) is 0 Å². The van der Waals surface area contributed by atoms with Gasteiger partial charge in [0.15, 0.2) is 6.10 Å². The van der Waals surface area contributed by atoms with E-state index >= 15 is 0 Å². The molecule has 0 saturated heterocycles. The Labute approximate surface area is 456 Å². The second-order valence-electron chi connectivity index (χ2n) is 21.3. The minimum Gasteiger partial charge on any atom is -0.756 e. The van der Waals surface area contributed by atoms with Crippen LogP contribution in [-0.4, -0.2) is 70.0 Å². The van der Waals surface area contributed by atoms with E-state index in [0.717, 1.165) is 83.5 Å². The van der Waals surface area contributed by atoms with E-state index in [1.165, 1.54) is 141 Å². The number of allylic oxidation sites excluding steroid dienone is 14. The fourth-order valence-electron chi connectivity index (χ4n) is 8.28. The van der Waals surface area contributed by atoms with Crippen LogP contribution in [0.4, 0.5) is 0 Å². The molecule has 0 saturated carbocycles. The first kappa shape index (κ1) is 71.2. The largest absolute Gasteiger partial charge is 0.756 e. The van der Waals surface area contributed by atoms with E-state index in [-0.39, 0.29) is 32.0 Å². The maximum Gasteiger partial charge on any atom is 0.306 e. The Morgan fingerprint density at radius 2 is 0.770 bits per heavy atom. The van der Waals surface area contributed by atoms with Crippen molar-refractivity contribution in [2.45, 2.75) is 264 Å². The number of rotatable bonds is 55. The lowest BCUT2D eigenvalue weighted by Crippen LogP contribution is -2.37. The molecule has 0 heterocycles. The highest BCUT2D eigenvalue weighted by Crippen LogP contribution is 2.38. The molecule has 0 fully saturated rings. The molecule has 9 nitrogen and oxygen atoms in total. The molecule has 0 radical (unpaired) electrons. The van der Waals surface area contributed by atoms with Crippen LogP contribution in [0.5, 0.6) is 0 Å². The fourth-order valence-corrected chi connectivity index (χ4v) is 9.01. The van der Waals surface area contributed by atoms with Crippen LogP contribution in [0.25, 0.3) is 0 Å². The van der Waals surface area contributed by atoms with E-state index in [9.17, 15) is 19.0 Å². The van der Waals surface area contributed by atoms with Crippen LogP contribution >= 0.6 is 7.82 Å². The normalized spacial score (nSPS) is 13.9. The summed E-state index contributed by atoms with van der Waals surface area (Å²) < 4.78 is 34.2. The van der Waals surface area contributed by atoms with Gasteiger partial charge >= 0.3 is 11.9 Å². The summed E-state index contributed by atoms with van der Waals surface area (Å²) >= 11 is 0. The molecule has 428 valence electrons. The third kappa shape index (κ3) is 58.5. The van der Waals surface area contributed by atoms with Gasteiger partial charge in [0.2, 0.25) is 0 Å². The fraction of sp³-hybridized carbons (Fsp3) is 0.750. The second-order valence-corrected chi connectivity index (χ2v) is 22.8. The maximum absolute atomic E-state index is 12.8. The predicted molar refractivity (Wildman–Crippen MR) is 314 cm³/mol. The van der Waals surface area contributed by atoms with Gasteiger partial charge in [-0.2, -0.15) is 0 Å². The van der Waals surface area contributed by atoms with Crippen LogP contribution in [0, 0.1) is 0 Å². The molecule has 0 aliphatic heterocycles. The summed E-state index contributed by atoms with van der Waals surface area (Å²) in [6.07, 6.45) is 73.5. The van der Waals surface area contributed by atoms with Crippen molar-refractivity contribution in [2.75, 3.05) is 47.5 Å². The molecule has 0 amide bonds. The summed E-state index contributed by atoms with van der Waals surface area (Å²) in [6, 6.07) is 0. The topological polar surface area (TPSA) is 111 Å². The van der Waals surface area contributed by atoms with E-state index < -0.39 is 26.5 Å². The molecular formula is C64H114NO8P. The Balaban J connectivity index is 4.07. The first-order chi connectivity index (χ1) is 36.0. The van der Waals surface area contributed by atoms with Crippen molar-refractivity contribution < 1.29 is 42.1 Å². The van der Waals surface area contributed by atoms with Crippen LogP contribution in [-0.2, 0) is 32.7 Å². The summed E-state index contributed by atoms with van der Waals surface area (Å²) in [7, 11) is 1.17. The van der Waals surface area contributed by atoms with Crippen molar-refractivity contribution in [3.63, 3.8) is 0 Å². The first-order valence-electron chi connectivity index (χ1n) is 30.3. The monoisotopic (exact) mass is 1060 g/mol. The highest BCUT2D eigenvalue weighted by molar-refractivity contribution is 7.45. The van der Waals surface area contributed by atoms with Gasteiger partial charge in [0.05, 0.1) is 27.7 Å². The van der Waals surface area contributed by atoms with Crippen LogP contribution in [0.3, 0.4) is 0 Å². The summed E-state index contributed by atoms with van der Waals surface area (Å²) in [5.74, 6) is -0.828. The smallest absolute Gasteiger partial charge is 0.306 e. The lowest BCUT2D eigenvalue weighted by Gasteiger charge is -2.28. The minimum atomic E-state index is -4.64. The van der Waals surface area contributed by atoms with Gasteiger partial charge in [0, 0.05) is 12.8 Å². The number of unbranched alkanes of at least 4 members (excludes halogenated alkanes) is 27. The number of phosphoric ester groups is 1. The number of quaternary nitrogens is 1. The molecule has 0 rings (SSSR count).